The first-order valence-corrected chi connectivity index (χ1v) is 5.38. The van der Waals surface area contributed by atoms with Gasteiger partial charge in [0.25, 0.3) is 0 Å². The Balaban J connectivity index is 4.44. The van der Waals surface area contributed by atoms with Crippen LogP contribution in [0.3, 0.4) is 0 Å². The molecule has 1 N–H and O–H groups in total. The van der Waals surface area contributed by atoms with Crippen LogP contribution < -0.4 is 5.32 Å². The van der Waals surface area contributed by atoms with Gasteiger partial charge in [0.2, 0.25) is 5.91 Å². The molecule has 0 spiro atoms. The van der Waals surface area contributed by atoms with Gasteiger partial charge in [-0.2, -0.15) is 5.26 Å². The molecule has 0 saturated carbocycles. The maximum Gasteiger partial charge on any atom is 0.328 e. The van der Waals surface area contributed by atoms with Crippen LogP contribution in [0.25, 0.3) is 0 Å². The van der Waals surface area contributed by atoms with Gasteiger partial charge in [0.1, 0.15) is 12.6 Å². The Bertz CT molecular complexity index is 298. The van der Waals surface area contributed by atoms with Gasteiger partial charge in [0.15, 0.2) is 0 Å². The van der Waals surface area contributed by atoms with Gasteiger partial charge in [0, 0.05) is 18.9 Å². The normalized spacial score (nSPS) is 13.3. The second kappa shape index (κ2) is 8.53. The number of ether oxygens (including phenoxy) is 2. The largest absolute Gasteiger partial charge is 0.467 e. The summed E-state index contributed by atoms with van der Waals surface area (Å²) in [6, 6.07) is 1.14. The van der Waals surface area contributed by atoms with Gasteiger partial charge < -0.3 is 14.8 Å². The second-order valence-corrected chi connectivity index (χ2v) is 3.55. The number of hydrogen-bond acceptors (Lipinski definition) is 5. The van der Waals surface area contributed by atoms with E-state index in [0.717, 1.165) is 0 Å². The molecule has 2 atom stereocenters. The first-order chi connectivity index (χ1) is 8.06. The van der Waals surface area contributed by atoms with Gasteiger partial charge in [-0.05, 0) is 6.92 Å². The van der Waals surface area contributed by atoms with E-state index < -0.39 is 17.9 Å². The molecule has 6 nitrogen and oxygen atoms in total. The number of nitriles is 1. The molecule has 1 amide bonds. The Morgan fingerprint density at radius 1 is 1.47 bits per heavy atom. The van der Waals surface area contributed by atoms with Crippen molar-refractivity contribution in [1.82, 2.24) is 5.32 Å². The van der Waals surface area contributed by atoms with Crippen molar-refractivity contribution in [2.45, 2.75) is 26.3 Å². The molecule has 0 aromatic rings. The fourth-order valence-corrected chi connectivity index (χ4v) is 1.23. The van der Waals surface area contributed by atoms with Crippen LogP contribution in [-0.4, -0.2) is 38.2 Å². The van der Waals surface area contributed by atoms with Crippen LogP contribution in [0.15, 0.2) is 0 Å². The highest BCUT2D eigenvalue weighted by Gasteiger charge is 2.27. The highest BCUT2D eigenvalue weighted by atomic mass is 16.5. The van der Waals surface area contributed by atoms with Crippen molar-refractivity contribution in [2.75, 3.05) is 20.3 Å². The SMILES string of the molecule is CCOCC(=O)N[C@@H](C(=O)OC)[C@@H](C)CC#N. The van der Waals surface area contributed by atoms with Crippen LogP contribution in [0.5, 0.6) is 0 Å². The number of amides is 1. The van der Waals surface area contributed by atoms with Crippen molar-refractivity contribution < 1.29 is 19.1 Å². The van der Waals surface area contributed by atoms with Crippen molar-refractivity contribution in [1.29, 1.82) is 5.26 Å². The number of hydrogen-bond donors (Lipinski definition) is 1. The number of methoxy groups -OCH3 is 1. The molecule has 0 heterocycles. The lowest BCUT2D eigenvalue weighted by Gasteiger charge is -2.20. The zero-order valence-corrected chi connectivity index (χ0v) is 10.4. The third kappa shape index (κ3) is 5.88. The zero-order valence-electron chi connectivity index (χ0n) is 10.4. The van der Waals surface area contributed by atoms with Gasteiger partial charge in [0.05, 0.1) is 13.2 Å². The van der Waals surface area contributed by atoms with Crippen LogP contribution in [0.2, 0.25) is 0 Å². The van der Waals surface area contributed by atoms with E-state index in [9.17, 15) is 9.59 Å². The number of nitrogens with zero attached hydrogens (tertiary/aromatic N) is 1. The Hall–Kier alpha value is -1.61. The number of carbonyl (C=O) groups excluding carboxylic acids is 2. The first kappa shape index (κ1) is 15.4. The maximum atomic E-state index is 11.5. The van der Waals surface area contributed by atoms with Crippen LogP contribution in [-0.2, 0) is 19.1 Å². The molecule has 96 valence electrons. The Morgan fingerprint density at radius 2 is 2.12 bits per heavy atom. The molecule has 0 bridgehead atoms. The second-order valence-electron chi connectivity index (χ2n) is 3.55. The summed E-state index contributed by atoms with van der Waals surface area (Å²) in [7, 11) is 1.24. The third-order valence-electron chi connectivity index (χ3n) is 2.19. The van der Waals surface area contributed by atoms with Gasteiger partial charge in [-0.15, -0.1) is 0 Å². The summed E-state index contributed by atoms with van der Waals surface area (Å²) < 4.78 is 9.50. The first-order valence-electron chi connectivity index (χ1n) is 5.38. The summed E-state index contributed by atoms with van der Waals surface area (Å²) in [6.07, 6.45) is 0.161. The van der Waals surface area contributed by atoms with Crippen molar-refractivity contribution in [2.24, 2.45) is 5.92 Å². The number of rotatable bonds is 7. The van der Waals surface area contributed by atoms with Crippen LogP contribution in [0.1, 0.15) is 20.3 Å². The standard InChI is InChI=1S/C11H18N2O4/c1-4-17-7-9(14)13-10(11(15)16-3)8(2)5-6-12/h8,10H,4-5,7H2,1-3H3,(H,13,14)/t8-,10+/m0/s1. The van der Waals surface area contributed by atoms with Crippen molar-refractivity contribution >= 4 is 11.9 Å². The molecule has 0 unspecified atom stereocenters. The molecule has 6 heteroatoms. The van der Waals surface area contributed by atoms with E-state index in [1.54, 1.807) is 13.8 Å². The number of carbonyl (C=O) groups is 2. The van der Waals surface area contributed by atoms with E-state index in [1.807, 2.05) is 6.07 Å². The fourth-order valence-electron chi connectivity index (χ4n) is 1.23. The highest BCUT2D eigenvalue weighted by molar-refractivity contribution is 5.85. The molecule has 0 aliphatic rings. The lowest BCUT2D eigenvalue weighted by molar-refractivity contribution is -0.147. The molecule has 0 radical (unpaired) electrons. The number of nitrogens with one attached hydrogen (secondary N) is 1. The fraction of sp³-hybridized carbons (Fsp3) is 0.727. The minimum Gasteiger partial charge on any atom is -0.467 e. The van der Waals surface area contributed by atoms with Crippen LogP contribution >= 0.6 is 0 Å². The summed E-state index contributed by atoms with van der Waals surface area (Å²) in [6.45, 7) is 3.78. The predicted octanol–water partition coefficient (Wildman–Crippen LogP) is 0.230. The zero-order chi connectivity index (χ0) is 13.3. The van der Waals surface area contributed by atoms with E-state index in [4.69, 9.17) is 10.00 Å². The maximum absolute atomic E-state index is 11.5. The van der Waals surface area contributed by atoms with Gasteiger partial charge in [-0.25, -0.2) is 4.79 Å². The van der Waals surface area contributed by atoms with E-state index >= 15 is 0 Å². The molecular formula is C11H18N2O4. The van der Waals surface area contributed by atoms with E-state index in [-0.39, 0.29) is 18.9 Å². The summed E-state index contributed by atoms with van der Waals surface area (Å²) in [5, 5.41) is 11.1. The molecule has 0 aromatic carbocycles. The minimum atomic E-state index is -0.812. The topological polar surface area (TPSA) is 88.4 Å². The summed E-state index contributed by atoms with van der Waals surface area (Å²) in [4.78, 5) is 22.9. The summed E-state index contributed by atoms with van der Waals surface area (Å²) in [5.74, 6) is -1.26. The average molecular weight is 242 g/mol. The third-order valence-corrected chi connectivity index (χ3v) is 2.19. The van der Waals surface area contributed by atoms with E-state index in [2.05, 4.69) is 10.1 Å². The average Bonchev–Trinajstić information content (AvgIpc) is 2.32. The van der Waals surface area contributed by atoms with Crippen molar-refractivity contribution in [3.8, 4) is 6.07 Å². The minimum absolute atomic E-state index is 0.108. The monoisotopic (exact) mass is 242 g/mol. The highest BCUT2D eigenvalue weighted by Crippen LogP contribution is 2.09. The molecule has 0 fully saturated rings. The Kier molecular flexibility index (Phi) is 7.72. The molecule has 0 aliphatic heterocycles. The Morgan fingerprint density at radius 3 is 2.59 bits per heavy atom. The quantitative estimate of drug-likeness (QED) is 0.645. The van der Waals surface area contributed by atoms with E-state index in [0.29, 0.717) is 6.61 Å². The molecule has 0 saturated heterocycles. The lowest BCUT2D eigenvalue weighted by Crippen LogP contribution is -2.47. The van der Waals surface area contributed by atoms with E-state index in [1.165, 1.54) is 7.11 Å². The van der Waals surface area contributed by atoms with Crippen LogP contribution in [0.4, 0.5) is 0 Å². The van der Waals surface area contributed by atoms with Crippen molar-refractivity contribution in [3.63, 3.8) is 0 Å². The molecule has 0 aliphatic carbocycles. The Labute approximate surface area is 101 Å². The van der Waals surface area contributed by atoms with Crippen molar-refractivity contribution in [3.05, 3.63) is 0 Å². The van der Waals surface area contributed by atoms with Gasteiger partial charge >= 0.3 is 5.97 Å². The van der Waals surface area contributed by atoms with Gasteiger partial charge in [-0.1, -0.05) is 6.92 Å². The predicted molar refractivity (Wildman–Crippen MR) is 59.8 cm³/mol. The number of esters is 1. The van der Waals surface area contributed by atoms with Crippen LogP contribution in [0, 0.1) is 17.2 Å². The smallest absolute Gasteiger partial charge is 0.328 e. The molecular weight excluding hydrogens is 224 g/mol. The van der Waals surface area contributed by atoms with Gasteiger partial charge in [-0.3, -0.25) is 4.79 Å². The summed E-state index contributed by atoms with van der Waals surface area (Å²) in [5.41, 5.74) is 0. The molecule has 17 heavy (non-hydrogen) atoms. The lowest BCUT2D eigenvalue weighted by atomic mass is 9.99. The summed E-state index contributed by atoms with van der Waals surface area (Å²) >= 11 is 0. The molecule has 0 rings (SSSR count). The molecule has 0 aromatic heterocycles.